The molecule has 2 aliphatic rings. The molecule has 5 heteroatoms. The van der Waals surface area contributed by atoms with Gasteiger partial charge in [0.1, 0.15) is 11.4 Å². The second kappa shape index (κ2) is 14.3. The van der Waals surface area contributed by atoms with E-state index in [1.165, 1.54) is 74.5 Å². The minimum Gasteiger partial charge on any atom is -0.224 e. The SMILES string of the molecule is c1ccc(-c2nnc(-c3ccccc3)c(-c3cccc(-c4ccc5c(c4)-c4ccccc4C54c5ccccc5Sc5c(-c6cccc7c6sc6ccccc67)cccc54)c3)n2)cc1. The van der Waals surface area contributed by atoms with E-state index >= 15 is 0 Å². The first-order valence-corrected chi connectivity index (χ1v) is 22.9. The molecule has 1 aliphatic heterocycles. The van der Waals surface area contributed by atoms with Crippen molar-refractivity contribution in [3.05, 3.63) is 235 Å². The van der Waals surface area contributed by atoms with Crippen LogP contribution in [0.2, 0.25) is 0 Å². The number of thiophene rings is 1. The Morgan fingerprint density at radius 2 is 0.984 bits per heavy atom. The fraction of sp³-hybridized carbons (Fsp3) is 0.0172. The summed E-state index contributed by atoms with van der Waals surface area (Å²) < 4.78 is 2.66. The van der Waals surface area contributed by atoms with E-state index < -0.39 is 5.41 Å². The molecule has 294 valence electrons. The van der Waals surface area contributed by atoms with Gasteiger partial charge in [-0.1, -0.05) is 200 Å². The summed E-state index contributed by atoms with van der Waals surface area (Å²) in [6.45, 7) is 0. The zero-order valence-electron chi connectivity index (χ0n) is 33.9. The summed E-state index contributed by atoms with van der Waals surface area (Å²) in [5.74, 6) is 0.602. The van der Waals surface area contributed by atoms with Gasteiger partial charge in [0.05, 0.1) is 5.41 Å². The van der Waals surface area contributed by atoms with Gasteiger partial charge in [-0.3, -0.25) is 0 Å². The summed E-state index contributed by atoms with van der Waals surface area (Å²) in [5, 5.41) is 12.0. The molecule has 11 aromatic rings. The lowest BCUT2D eigenvalue weighted by Gasteiger charge is -2.40. The van der Waals surface area contributed by atoms with Gasteiger partial charge < -0.3 is 0 Å². The van der Waals surface area contributed by atoms with E-state index in [9.17, 15) is 0 Å². The van der Waals surface area contributed by atoms with Gasteiger partial charge in [0.25, 0.3) is 0 Å². The van der Waals surface area contributed by atoms with Crippen molar-refractivity contribution in [1.29, 1.82) is 0 Å². The zero-order chi connectivity index (χ0) is 41.5. The Labute approximate surface area is 373 Å². The van der Waals surface area contributed by atoms with Crippen LogP contribution in [0.25, 0.3) is 87.5 Å². The third-order valence-corrected chi connectivity index (χ3v) is 15.3. The van der Waals surface area contributed by atoms with Gasteiger partial charge in [-0.2, -0.15) is 0 Å². The number of hydrogen-bond donors (Lipinski definition) is 0. The van der Waals surface area contributed by atoms with Gasteiger partial charge in [-0.15, -0.1) is 21.5 Å². The molecule has 2 aromatic heterocycles. The lowest BCUT2D eigenvalue weighted by molar-refractivity contribution is 0.723. The first-order valence-electron chi connectivity index (χ1n) is 21.3. The fourth-order valence-electron chi connectivity index (χ4n) is 10.2. The van der Waals surface area contributed by atoms with Gasteiger partial charge >= 0.3 is 0 Å². The number of hydrogen-bond acceptors (Lipinski definition) is 5. The van der Waals surface area contributed by atoms with Crippen molar-refractivity contribution in [3.8, 4) is 67.3 Å². The number of aromatic nitrogens is 3. The fourth-order valence-corrected chi connectivity index (χ4v) is 12.7. The van der Waals surface area contributed by atoms with Crippen LogP contribution >= 0.6 is 23.1 Å². The summed E-state index contributed by atoms with van der Waals surface area (Å²) in [7, 11) is 0. The van der Waals surface area contributed by atoms with E-state index in [-0.39, 0.29) is 0 Å². The Morgan fingerprint density at radius 3 is 1.87 bits per heavy atom. The molecule has 1 atom stereocenters. The van der Waals surface area contributed by atoms with E-state index in [0.717, 1.165) is 39.2 Å². The third kappa shape index (κ3) is 5.50. The highest BCUT2D eigenvalue weighted by molar-refractivity contribution is 7.99. The van der Waals surface area contributed by atoms with Gasteiger partial charge in [0.2, 0.25) is 0 Å². The summed E-state index contributed by atoms with van der Waals surface area (Å²) in [5.41, 5.74) is 16.6. The van der Waals surface area contributed by atoms with Gasteiger partial charge in [-0.25, -0.2) is 4.98 Å². The number of nitrogens with zero attached hydrogens (tertiary/aromatic N) is 3. The maximum atomic E-state index is 5.19. The van der Waals surface area contributed by atoms with Crippen LogP contribution < -0.4 is 0 Å². The second-order valence-electron chi connectivity index (χ2n) is 16.3. The molecule has 0 fully saturated rings. The highest BCUT2D eigenvalue weighted by Crippen LogP contribution is 2.64. The number of rotatable bonds is 5. The largest absolute Gasteiger partial charge is 0.224 e. The lowest BCUT2D eigenvalue weighted by atomic mass is 9.67. The van der Waals surface area contributed by atoms with Gasteiger partial charge in [0, 0.05) is 52.2 Å². The van der Waals surface area contributed by atoms with Crippen LogP contribution in [0.15, 0.2) is 222 Å². The van der Waals surface area contributed by atoms with E-state index in [0.29, 0.717) is 5.82 Å². The average molecular weight is 838 g/mol. The Balaban J connectivity index is 0.997. The van der Waals surface area contributed by atoms with E-state index in [4.69, 9.17) is 10.1 Å². The van der Waals surface area contributed by atoms with Crippen LogP contribution in [-0.2, 0) is 5.41 Å². The van der Waals surface area contributed by atoms with Gasteiger partial charge in [0.15, 0.2) is 5.82 Å². The molecule has 0 saturated carbocycles. The standard InChI is InChI=1S/C58H35N3S2/c1-3-16-36(17-4-1)54-53(59-57(61-60-54)37-18-5-2-6-19-37)40-21-13-20-38(34-40)39-32-33-48-46(35-39)41-22-7-9-27-47(41)58(48)49-28-10-12-31-52(49)63-56-45(26-15-29-50(56)58)44-25-14-24-43-42-23-8-11-30-51(42)62-55(43)44/h1-35H. The van der Waals surface area contributed by atoms with Crippen LogP contribution in [0.3, 0.4) is 0 Å². The molecular formula is C58H35N3S2. The summed E-state index contributed by atoms with van der Waals surface area (Å²) in [4.78, 5) is 7.81. The van der Waals surface area contributed by atoms with Crippen molar-refractivity contribution in [3.63, 3.8) is 0 Å². The maximum absolute atomic E-state index is 5.19. The van der Waals surface area contributed by atoms with Crippen molar-refractivity contribution in [2.24, 2.45) is 0 Å². The van der Waals surface area contributed by atoms with Crippen molar-refractivity contribution in [1.82, 2.24) is 15.2 Å². The lowest BCUT2D eigenvalue weighted by Crippen LogP contribution is -2.32. The van der Waals surface area contributed by atoms with Crippen molar-refractivity contribution < 1.29 is 0 Å². The molecule has 0 bridgehead atoms. The highest BCUT2D eigenvalue weighted by atomic mass is 32.2. The molecule has 0 amide bonds. The van der Waals surface area contributed by atoms with Gasteiger partial charge in [-0.05, 0) is 74.3 Å². The van der Waals surface area contributed by atoms with Crippen molar-refractivity contribution >= 4 is 43.3 Å². The van der Waals surface area contributed by atoms with Crippen LogP contribution in [0.1, 0.15) is 22.3 Å². The Hall–Kier alpha value is -7.44. The molecule has 3 heterocycles. The minimum absolute atomic E-state index is 0.501. The predicted octanol–water partition coefficient (Wildman–Crippen LogP) is 15.4. The van der Waals surface area contributed by atoms with E-state index in [2.05, 4.69) is 169 Å². The highest BCUT2D eigenvalue weighted by Gasteiger charge is 2.50. The first kappa shape index (κ1) is 36.2. The van der Waals surface area contributed by atoms with Crippen LogP contribution in [-0.4, -0.2) is 15.2 Å². The maximum Gasteiger partial charge on any atom is 0.182 e. The third-order valence-electron chi connectivity index (χ3n) is 12.9. The van der Waals surface area contributed by atoms with E-state index in [1.54, 1.807) is 0 Å². The molecule has 0 N–H and O–H groups in total. The summed E-state index contributed by atoms with van der Waals surface area (Å²) in [6.07, 6.45) is 0. The smallest absolute Gasteiger partial charge is 0.182 e. The molecule has 3 nitrogen and oxygen atoms in total. The molecule has 1 unspecified atom stereocenters. The molecule has 1 spiro atoms. The molecule has 9 aromatic carbocycles. The topological polar surface area (TPSA) is 38.7 Å². The summed E-state index contributed by atoms with van der Waals surface area (Å²) >= 11 is 3.82. The zero-order valence-corrected chi connectivity index (χ0v) is 35.5. The predicted molar refractivity (Wildman–Crippen MR) is 261 cm³/mol. The quantitative estimate of drug-likeness (QED) is 0.173. The number of fused-ring (bicyclic) bond motifs is 12. The van der Waals surface area contributed by atoms with Crippen molar-refractivity contribution in [2.45, 2.75) is 15.2 Å². The van der Waals surface area contributed by atoms with E-state index in [1.807, 2.05) is 71.6 Å². The molecule has 0 radical (unpaired) electrons. The molecule has 63 heavy (non-hydrogen) atoms. The average Bonchev–Trinajstić information content (AvgIpc) is 3.88. The summed E-state index contributed by atoms with van der Waals surface area (Å²) in [6, 6.07) is 77.0. The minimum atomic E-state index is -0.501. The monoisotopic (exact) mass is 837 g/mol. The molecule has 0 saturated heterocycles. The van der Waals surface area contributed by atoms with Crippen LogP contribution in [0.5, 0.6) is 0 Å². The van der Waals surface area contributed by atoms with Crippen LogP contribution in [0, 0.1) is 0 Å². The van der Waals surface area contributed by atoms with Crippen LogP contribution in [0.4, 0.5) is 0 Å². The normalized spacial score (nSPS) is 14.7. The number of benzene rings is 9. The Morgan fingerprint density at radius 1 is 0.365 bits per heavy atom. The Kier molecular flexibility index (Phi) is 8.23. The first-order chi connectivity index (χ1) is 31.2. The molecular weight excluding hydrogens is 803 g/mol. The molecule has 1 aliphatic carbocycles. The Bertz CT molecular complexity index is 3610. The molecule has 13 rings (SSSR count). The second-order valence-corrected chi connectivity index (χ2v) is 18.4. The van der Waals surface area contributed by atoms with Crippen molar-refractivity contribution in [2.75, 3.05) is 0 Å².